The lowest BCUT2D eigenvalue weighted by molar-refractivity contribution is -0.118. The minimum absolute atomic E-state index is 0.129. The van der Waals surface area contributed by atoms with Crippen molar-refractivity contribution in [3.05, 3.63) is 83.9 Å². The summed E-state index contributed by atoms with van der Waals surface area (Å²) in [4.78, 5) is 12.4. The van der Waals surface area contributed by atoms with Crippen molar-refractivity contribution in [2.45, 2.75) is 18.2 Å². The average molecular weight is 423 g/mol. The fourth-order valence-electron chi connectivity index (χ4n) is 3.45. The Balaban J connectivity index is 1.42. The standard InChI is InChI=1S/C23H22N2O4S/c1-17-6-2-5-9-22(17)29-16-23(26)24-19-10-12-20(13-11-19)30(27,28)25-15-14-18-7-3-4-8-21(18)25/h2-13H,14-16H2,1H3,(H,24,26). The van der Waals surface area contributed by atoms with E-state index in [-0.39, 0.29) is 17.4 Å². The van der Waals surface area contributed by atoms with Crippen LogP contribution in [0.15, 0.2) is 77.7 Å². The third-order valence-corrected chi connectivity index (χ3v) is 6.85. The van der Waals surface area contributed by atoms with Gasteiger partial charge < -0.3 is 10.1 Å². The van der Waals surface area contributed by atoms with Gasteiger partial charge in [0.25, 0.3) is 15.9 Å². The maximum atomic E-state index is 13.0. The summed E-state index contributed by atoms with van der Waals surface area (Å²) in [7, 11) is -3.65. The zero-order valence-corrected chi connectivity index (χ0v) is 17.4. The second-order valence-electron chi connectivity index (χ2n) is 7.08. The van der Waals surface area contributed by atoms with E-state index < -0.39 is 10.0 Å². The Kier molecular flexibility index (Phi) is 5.46. The first-order chi connectivity index (χ1) is 14.4. The van der Waals surface area contributed by atoms with Gasteiger partial charge in [-0.1, -0.05) is 36.4 Å². The molecule has 1 heterocycles. The third-order valence-electron chi connectivity index (χ3n) is 5.02. The quantitative estimate of drug-likeness (QED) is 0.656. The van der Waals surface area contributed by atoms with Crippen LogP contribution in [-0.4, -0.2) is 27.5 Å². The zero-order chi connectivity index (χ0) is 21.1. The van der Waals surface area contributed by atoms with E-state index in [1.54, 1.807) is 18.2 Å². The molecule has 0 aliphatic carbocycles. The molecule has 3 aromatic carbocycles. The predicted octanol–water partition coefficient (Wildman–Crippen LogP) is 3.76. The van der Waals surface area contributed by atoms with Gasteiger partial charge in [-0.25, -0.2) is 8.42 Å². The number of hydrogen-bond donors (Lipinski definition) is 1. The molecule has 0 spiro atoms. The number of amides is 1. The molecule has 0 fully saturated rings. The summed E-state index contributed by atoms with van der Waals surface area (Å²) in [6.07, 6.45) is 0.699. The van der Waals surface area contributed by atoms with Gasteiger partial charge in [-0.05, 0) is 60.9 Å². The molecule has 1 amide bonds. The van der Waals surface area contributed by atoms with Gasteiger partial charge in [0.05, 0.1) is 10.6 Å². The monoisotopic (exact) mass is 422 g/mol. The lowest BCUT2D eigenvalue weighted by Crippen LogP contribution is -2.29. The summed E-state index contributed by atoms with van der Waals surface area (Å²) in [5.41, 5.74) is 3.21. The number of carbonyl (C=O) groups excluding carboxylic acids is 1. The van der Waals surface area contributed by atoms with E-state index in [4.69, 9.17) is 4.74 Å². The molecular formula is C23H22N2O4S. The van der Waals surface area contributed by atoms with Gasteiger partial charge in [0.1, 0.15) is 5.75 Å². The Morgan fingerprint density at radius 2 is 1.70 bits per heavy atom. The first-order valence-corrected chi connectivity index (χ1v) is 11.1. The SMILES string of the molecule is Cc1ccccc1OCC(=O)Nc1ccc(S(=O)(=O)N2CCc3ccccc32)cc1. The van der Waals surface area contributed by atoms with Gasteiger partial charge >= 0.3 is 0 Å². The highest BCUT2D eigenvalue weighted by molar-refractivity contribution is 7.92. The van der Waals surface area contributed by atoms with E-state index in [0.717, 1.165) is 16.8 Å². The fourth-order valence-corrected chi connectivity index (χ4v) is 4.96. The Bertz CT molecular complexity index is 1170. The second kappa shape index (κ2) is 8.20. The summed E-state index contributed by atoms with van der Waals surface area (Å²) in [5, 5.41) is 2.72. The van der Waals surface area contributed by atoms with Gasteiger partial charge in [0.15, 0.2) is 6.61 Å². The molecule has 154 valence electrons. The number of para-hydroxylation sites is 2. The Morgan fingerprint density at radius 3 is 2.47 bits per heavy atom. The van der Waals surface area contributed by atoms with Crippen LogP contribution < -0.4 is 14.4 Å². The van der Waals surface area contributed by atoms with Crippen LogP contribution in [0.5, 0.6) is 5.75 Å². The highest BCUT2D eigenvalue weighted by Crippen LogP contribution is 2.32. The number of benzene rings is 3. The normalized spacial score (nSPS) is 13.0. The summed E-state index contributed by atoms with van der Waals surface area (Å²) in [5.74, 6) is 0.335. The molecule has 6 nitrogen and oxygen atoms in total. The molecule has 3 aromatic rings. The molecule has 0 atom stereocenters. The third kappa shape index (κ3) is 4.02. The van der Waals surface area contributed by atoms with Crippen molar-refractivity contribution in [2.24, 2.45) is 0 Å². The molecule has 0 bridgehead atoms. The minimum Gasteiger partial charge on any atom is -0.483 e. The van der Waals surface area contributed by atoms with Crippen LogP contribution in [0.3, 0.4) is 0 Å². The molecule has 7 heteroatoms. The maximum Gasteiger partial charge on any atom is 0.264 e. The summed E-state index contributed by atoms with van der Waals surface area (Å²) in [6, 6.07) is 21.2. The number of rotatable bonds is 6. The first kappa shape index (κ1) is 20.0. The highest BCUT2D eigenvalue weighted by atomic mass is 32.2. The van der Waals surface area contributed by atoms with E-state index >= 15 is 0 Å². The number of nitrogens with zero attached hydrogens (tertiary/aromatic N) is 1. The Labute approximate surface area is 176 Å². The summed E-state index contributed by atoms with van der Waals surface area (Å²) in [6.45, 7) is 2.21. The average Bonchev–Trinajstić information content (AvgIpc) is 3.19. The van der Waals surface area contributed by atoms with Crippen molar-refractivity contribution in [1.82, 2.24) is 0 Å². The van der Waals surface area contributed by atoms with Gasteiger partial charge in [-0.15, -0.1) is 0 Å². The number of carbonyl (C=O) groups is 1. The molecule has 0 saturated carbocycles. The molecule has 1 aliphatic rings. The molecule has 1 N–H and O–H groups in total. The van der Waals surface area contributed by atoms with Crippen molar-refractivity contribution < 1.29 is 17.9 Å². The number of aryl methyl sites for hydroxylation is 1. The van der Waals surface area contributed by atoms with Crippen LogP contribution in [0, 0.1) is 6.92 Å². The number of anilines is 2. The van der Waals surface area contributed by atoms with Crippen molar-refractivity contribution in [3.63, 3.8) is 0 Å². The number of sulfonamides is 1. The molecule has 30 heavy (non-hydrogen) atoms. The largest absolute Gasteiger partial charge is 0.483 e. The van der Waals surface area contributed by atoms with Gasteiger partial charge in [-0.3, -0.25) is 9.10 Å². The molecule has 1 aliphatic heterocycles. The van der Waals surface area contributed by atoms with Crippen molar-refractivity contribution in [2.75, 3.05) is 22.8 Å². The second-order valence-corrected chi connectivity index (χ2v) is 8.94. The molecule has 0 aromatic heterocycles. The Hall–Kier alpha value is -3.32. The van der Waals surface area contributed by atoms with Crippen molar-refractivity contribution in [3.8, 4) is 5.75 Å². The van der Waals surface area contributed by atoms with Crippen LogP contribution in [0.2, 0.25) is 0 Å². The van der Waals surface area contributed by atoms with Crippen LogP contribution in [-0.2, 0) is 21.2 Å². The minimum atomic E-state index is -3.65. The van der Waals surface area contributed by atoms with Crippen molar-refractivity contribution >= 4 is 27.3 Å². The van der Waals surface area contributed by atoms with Crippen LogP contribution in [0.1, 0.15) is 11.1 Å². The van der Waals surface area contributed by atoms with Gasteiger partial charge in [-0.2, -0.15) is 0 Å². The number of hydrogen-bond acceptors (Lipinski definition) is 4. The highest BCUT2D eigenvalue weighted by Gasteiger charge is 2.30. The van der Waals surface area contributed by atoms with E-state index in [9.17, 15) is 13.2 Å². The lowest BCUT2D eigenvalue weighted by atomic mass is 10.2. The topological polar surface area (TPSA) is 75.7 Å². The molecule has 4 rings (SSSR count). The number of nitrogens with one attached hydrogen (secondary N) is 1. The molecule has 0 unspecified atom stereocenters. The first-order valence-electron chi connectivity index (χ1n) is 9.64. The van der Waals surface area contributed by atoms with E-state index in [1.807, 2.05) is 49.4 Å². The van der Waals surface area contributed by atoms with Crippen LogP contribution in [0.4, 0.5) is 11.4 Å². The summed E-state index contributed by atoms with van der Waals surface area (Å²) < 4.78 is 33.1. The molecular weight excluding hydrogens is 400 g/mol. The molecule has 0 radical (unpaired) electrons. The number of fused-ring (bicyclic) bond motifs is 1. The predicted molar refractivity (Wildman–Crippen MR) is 116 cm³/mol. The zero-order valence-electron chi connectivity index (χ0n) is 16.5. The summed E-state index contributed by atoms with van der Waals surface area (Å²) >= 11 is 0. The van der Waals surface area contributed by atoms with E-state index in [2.05, 4.69) is 5.32 Å². The van der Waals surface area contributed by atoms with Gasteiger partial charge in [0.2, 0.25) is 0 Å². The number of ether oxygens (including phenoxy) is 1. The van der Waals surface area contributed by atoms with Crippen molar-refractivity contribution in [1.29, 1.82) is 0 Å². The van der Waals surface area contributed by atoms with Crippen LogP contribution in [0.25, 0.3) is 0 Å². The lowest BCUT2D eigenvalue weighted by Gasteiger charge is -2.19. The van der Waals surface area contributed by atoms with Gasteiger partial charge in [0, 0.05) is 12.2 Å². The fraction of sp³-hybridized carbons (Fsp3) is 0.174. The maximum absolute atomic E-state index is 13.0. The Morgan fingerprint density at radius 1 is 1.00 bits per heavy atom. The molecule has 0 saturated heterocycles. The van der Waals surface area contributed by atoms with E-state index in [0.29, 0.717) is 24.4 Å². The smallest absolute Gasteiger partial charge is 0.264 e. The van der Waals surface area contributed by atoms with E-state index in [1.165, 1.54) is 16.4 Å². The van der Waals surface area contributed by atoms with Crippen LogP contribution >= 0.6 is 0 Å².